The molecule has 2 aliphatic rings. The van der Waals surface area contributed by atoms with Gasteiger partial charge in [-0.15, -0.1) is 0 Å². The second-order valence-corrected chi connectivity index (χ2v) is 7.04. The highest BCUT2D eigenvalue weighted by Crippen LogP contribution is 2.40. The molecule has 0 radical (unpaired) electrons. The zero-order valence-electron chi connectivity index (χ0n) is 12.0. The smallest absolute Gasteiger partial charge is 0.201 e. The Morgan fingerprint density at radius 2 is 2.20 bits per heavy atom. The van der Waals surface area contributed by atoms with E-state index in [1.165, 1.54) is 0 Å². The molecule has 1 spiro atoms. The van der Waals surface area contributed by atoms with Crippen LogP contribution in [-0.2, 0) is 11.2 Å². The van der Waals surface area contributed by atoms with Gasteiger partial charge in [0.25, 0.3) is 0 Å². The molecule has 0 bridgehead atoms. The van der Waals surface area contributed by atoms with Crippen molar-refractivity contribution in [1.82, 2.24) is 0 Å². The minimum absolute atomic E-state index is 0.0377. The van der Waals surface area contributed by atoms with Gasteiger partial charge in [-0.2, -0.15) is 11.8 Å². The molecular weight excluding hydrogens is 272 g/mol. The number of hydrogen-bond donors (Lipinski definition) is 0. The zero-order valence-corrected chi connectivity index (χ0v) is 12.8. The number of rotatable bonds is 3. The summed E-state index contributed by atoms with van der Waals surface area (Å²) in [6.45, 7) is 2.75. The van der Waals surface area contributed by atoms with Crippen LogP contribution in [0.15, 0.2) is 16.5 Å². The predicted molar refractivity (Wildman–Crippen MR) is 80.4 cm³/mol. The van der Waals surface area contributed by atoms with Crippen molar-refractivity contribution in [3.8, 4) is 0 Å². The number of aryl methyl sites for hydroxylation is 1. The van der Waals surface area contributed by atoms with E-state index in [0.29, 0.717) is 12.4 Å². The Bertz CT molecular complexity index is 468. The lowest BCUT2D eigenvalue weighted by Crippen LogP contribution is -2.44. The molecule has 2 saturated heterocycles. The summed E-state index contributed by atoms with van der Waals surface area (Å²) in [6, 6.07) is 3.75. The van der Waals surface area contributed by atoms with Crippen molar-refractivity contribution in [2.45, 2.75) is 44.6 Å². The third-order valence-electron chi connectivity index (χ3n) is 4.52. The monoisotopic (exact) mass is 294 g/mol. The van der Waals surface area contributed by atoms with Gasteiger partial charge >= 0.3 is 0 Å². The molecule has 0 saturated carbocycles. The van der Waals surface area contributed by atoms with Gasteiger partial charge in [0.2, 0.25) is 5.78 Å². The predicted octanol–water partition coefficient (Wildman–Crippen LogP) is 3.72. The summed E-state index contributed by atoms with van der Waals surface area (Å²) in [5.74, 6) is 3.98. The number of Topliss-reactive ketones (excluding diaryl/α,β-unsaturated/α-hetero) is 1. The Hall–Kier alpha value is -0.740. The summed E-state index contributed by atoms with van der Waals surface area (Å²) in [6.07, 6.45) is 4.70. The van der Waals surface area contributed by atoms with Crippen molar-refractivity contribution in [2.24, 2.45) is 5.92 Å². The van der Waals surface area contributed by atoms with Crippen molar-refractivity contribution < 1.29 is 13.9 Å². The first kappa shape index (κ1) is 14.2. The fraction of sp³-hybridized carbons (Fsp3) is 0.688. The van der Waals surface area contributed by atoms with Crippen LogP contribution in [0.25, 0.3) is 0 Å². The number of carbonyl (C=O) groups excluding carboxylic acids is 1. The lowest BCUT2D eigenvalue weighted by molar-refractivity contribution is -0.0961. The van der Waals surface area contributed by atoms with Crippen LogP contribution in [0, 0.1) is 5.92 Å². The largest absolute Gasteiger partial charge is 0.458 e. The van der Waals surface area contributed by atoms with E-state index in [0.717, 1.165) is 49.4 Å². The highest BCUT2D eigenvalue weighted by atomic mass is 32.2. The van der Waals surface area contributed by atoms with Crippen molar-refractivity contribution in [1.29, 1.82) is 0 Å². The maximum absolute atomic E-state index is 12.6. The number of ketones is 1. The first-order valence-corrected chi connectivity index (χ1v) is 8.72. The van der Waals surface area contributed by atoms with Gasteiger partial charge in [0.05, 0.1) is 5.60 Å². The summed E-state index contributed by atoms with van der Waals surface area (Å²) >= 11 is 1.99. The fourth-order valence-corrected chi connectivity index (χ4v) is 4.48. The molecule has 3 heterocycles. The van der Waals surface area contributed by atoms with E-state index in [1.807, 2.05) is 30.8 Å². The second kappa shape index (κ2) is 5.94. The minimum Gasteiger partial charge on any atom is -0.458 e. The van der Waals surface area contributed by atoms with Crippen LogP contribution in [0.1, 0.15) is 48.9 Å². The normalized spacial score (nSPS) is 25.8. The Kier molecular flexibility index (Phi) is 4.22. The van der Waals surface area contributed by atoms with Crippen molar-refractivity contribution in [2.75, 3.05) is 18.1 Å². The fourth-order valence-electron chi connectivity index (χ4n) is 3.24. The first-order valence-electron chi connectivity index (χ1n) is 7.57. The van der Waals surface area contributed by atoms with Crippen molar-refractivity contribution in [3.05, 3.63) is 23.7 Å². The van der Waals surface area contributed by atoms with E-state index >= 15 is 0 Å². The van der Waals surface area contributed by atoms with Gasteiger partial charge in [-0.3, -0.25) is 4.79 Å². The molecule has 3 rings (SSSR count). The molecule has 110 valence electrons. The minimum atomic E-state index is -0.0377. The molecule has 4 heteroatoms. The lowest BCUT2D eigenvalue weighted by atomic mass is 9.79. The van der Waals surface area contributed by atoms with E-state index < -0.39 is 0 Å². The van der Waals surface area contributed by atoms with E-state index in [-0.39, 0.29) is 17.3 Å². The zero-order chi connectivity index (χ0) is 14.0. The molecule has 1 atom stereocenters. The average Bonchev–Trinajstić information content (AvgIpc) is 2.96. The topological polar surface area (TPSA) is 39.4 Å². The molecular formula is C16H22O3S. The van der Waals surface area contributed by atoms with Crippen LogP contribution >= 0.6 is 11.8 Å². The van der Waals surface area contributed by atoms with Crippen molar-refractivity contribution in [3.63, 3.8) is 0 Å². The third kappa shape index (κ3) is 2.82. The van der Waals surface area contributed by atoms with Gasteiger partial charge in [-0.25, -0.2) is 0 Å². The standard InChI is InChI=1S/C16H22O3S/c1-2-13-3-4-14(19-13)15(17)12-5-8-18-16(11-12)6-9-20-10-7-16/h3-4,12H,2,5-11H2,1H3. The molecule has 1 aromatic heterocycles. The van der Waals surface area contributed by atoms with Crippen LogP contribution in [0.5, 0.6) is 0 Å². The maximum Gasteiger partial charge on any atom is 0.201 e. The van der Waals surface area contributed by atoms with Crippen LogP contribution in [-0.4, -0.2) is 29.5 Å². The maximum atomic E-state index is 12.6. The summed E-state index contributed by atoms with van der Waals surface area (Å²) in [5.41, 5.74) is -0.0377. The summed E-state index contributed by atoms with van der Waals surface area (Å²) < 4.78 is 11.7. The molecule has 1 unspecified atom stereocenters. The molecule has 0 amide bonds. The van der Waals surface area contributed by atoms with Gasteiger partial charge in [0, 0.05) is 18.9 Å². The van der Waals surface area contributed by atoms with E-state index in [9.17, 15) is 4.79 Å². The third-order valence-corrected chi connectivity index (χ3v) is 5.51. The van der Waals surface area contributed by atoms with Crippen LogP contribution in [0.3, 0.4) is 0 Å². The molecule has 3 nitrogen and oxygen atoms in total. The molecule has 0 N–H and O–H groups in total. The summed E-state index contributed by atoms with van der Waals surface area (Å²) in [5, 5.41) is 0. The summed E-state index contributed by atoms with van der Waals surface area (Å²) in [7, 11) is 0. The molecule has 1 aromatic rings. The van der Waals surface area contributed by atoms with E-state index in [1.54, 1.807) is 0 Å². The van der Waals surface area contributed by atoms with Crippen LogP contribution in [0.4, 0.5) is 0 Å². The number of hydrogen-bond acceptors (Lipinski definition) is 4. The van der Waals surface area contributed by atoms with E-state index in [4.69, 9.17) is 9.15 Å². The quantitative estimate of drug-likeness (QED) is 0.797. The Labute approximate surface area is 124 Å². The highest BCUT2D eigenvalue weighted by Gasteiger charge is 2.41. The first-order chi connectivity index (χ1) is 9.72. The van der Waals surface area contributed by atoms with Gasteiger partial charge in [0.15, 0.2) is 5.76 Å². The SMILES string of the molecule is CCc1ccc(C(=O)C2CCOC3(CCSCC3)C2)o1. The molecule has 0 aromatic carbocycles. The van der Waals surface area contributed by atoms with Gasteiger partial charge in [0.1, 0.15) is 5.76 Å². The number of thioether (sulfide) groups is 1. The second-order valence-electron chi connectivity index (χ2n) is 5.82. The molecule has 0 aliphatic carbocycles. The van der Waals surface area contributed by atoms with E-state index in [2.05, 4.69) is 0 Å². The Morgan fingerprint density at radius 1 is 1.40 bits per heavy atom. The number of furan rings is 1. The number of carbonyl (C=O) groups is 1. The highest BCUT2D eigenvalue weighted by molar-refractivity contribution is 7.99. The average molecular weight is 294 g/mol. The van der Waals surface area contributed by atoms with Crippen LogP contribution in [0.2, 0.25) is 0 Å². The van der Waals surface area contributed by atoms with Gasteiger partial charge in [-0.1, -0.05) is 6.92 Å². The van der Waals surface area contributed by atoms with Gasteiger partial charge in [-0.05, 0) is 49.3 Å². The van der Waals surface area contributed by atoms with Crippen molar-refractivity contribution >= 4 is 17.5 Å². The molecule has 2 aliphatic heterocycles. The van der Waals surface area contributed by atoms with Crippen LogP contribution < -0.4 is 0 Å². The molecule has 20 heavy (non-hydrogen) atoms. The van der Waals surface area contributed by atoms with Gasteiger partial charge < -0.3 is 9.15 Å². The molecule has 2 fully saturated rings. The lowest BCUT2D eigenvalue weighted by Gasteiger charge is -2.42. The summed E-state index contributed by atoms with van der Waals surface area (Å²) in [4.78, 5) is 12.6. The number of ether oxygens (including phenoxy) is 1. The Morgan fingerprint density at radius 3 is 2.90 bits per heavy atom. The Balaban J connectivity index is 1.71.